The maximum atomic E-state index is 12.1. The molecule has 3 heterocycles. The zero-order valence-corrected chi connectivity index (χ0v) is 13.4. The number of hydrogen-bond acceptors (Lipinski definition) is 2. The van der Waals surface area contributed by atoms with Gasteiger partial charge in [0, 0.05) is 16.6 Å². The molecule has 0 bridgehead atoms. The van der Waals surface area contributed by atoms with Crippen LogP contribution in [0.4, 0.5) is 5.69 Å². The highest BCUT2D eigenvalue weighted by atomic mass is 16.2. The number of fused-ring (bicyclic) bond motifs is 3. The minimum absolute atomic E-state index is 0.0287. The molecule has 1 aliphatic heterocycles. The number of nitrogens with one attached hydrogen (secondary N) is 3. The third-order valence-electron chi connectivity index (χ3n) is 4.90. The van der Waals surface area contributed by atoms with Gasteiger partial charge in [0.1, 0.15) is 0 Å². The van der Waals surface area contributed by atoms with Crippen molar-refractivity contribution in [3.05, 3.63) is 48.0 Å². The van der Waals surface area contributed by atoms with Gasteiger partial charge in [-0.2, -0.15) is 0 Å². The first kappa shape index (κ1) is 13.4. The van der Waals surface area contributed by atoms with Gasteiger partial charge in [-0.05, 0) is 43.7 Å². The van der Waals surface area contributed by atoms with E-state index in [1.165, 1.54) is 0 Å². The second kappa shape index (κ2) is 4.26. The van der Waals surface area contributed by atoms with E-state index in [4.69, 9.17) is 4.98 Å². The van der Waals surface area contributed by atoms with Gasteiger partial charge in [0.2, 0.25) is 5.91 Å². The second-order valence-electron chi connectivity index (χ2n) is 6.85. The zero-order chi connectivity index (χ0) is 16.5. The van der Waals surface area contributed by atoms with Gasteiger partial charge in [0.25, 0.3) is 0 Å². The maximum absolute atomic E-state index is 12.1. The minimum Gasteiger partial charge on any atom is -0.352 e. The van der Waals surface area contributed by atoms with E-state index < -0.39 is 5.41 Å². The van der Waals surface area contributed by atoms with E-state index >= 15 is 0 Å². The lowest BCUT2D eigenvalue weighted by molar-refractivity contribution is -0.119. The molecule has 0 radical (unpaired) electrons. The summed E-state index contributed by atoms with van der Waals surface area (Å²) >= 11 is 0. The van der Waals surface area contributed by atoms with E-state index in [-0.39, 0.29) is 5.91 Å². The molecule has 4 aromatic rings. The summed E-state index contributed by atoms with van der Waals surface area (Å²) in [6.45, 7) is 3.87. The van der Waals surface area contributed by atoms with Gasteiger partial charge in [-0.3, -0.25) is 4.79 Å². The molecule has 2 aromatic heterocycles. The van der Waals surface area contributed by atoms with Gasteiger partial charge in [0.05, 0.1) is 22.1 Å². The molecule has 0 aliphatic carbocycles. The van der Waals surface area contributed by atoms with Crippen LogP contribution in [0.3, 0.4) is 0 Å². The van der Waals surface area contributed by atoms with E-state index in [0.29, 0.717) is 0 Å². The highest BCUT2D eigenvalue weighted by Crippen LogP contribution is 2.39. The Kier molecular flexibility index (Phi) is 2.37. The van der Waals surface area contributed by atoms with Crippen LogP contribution < -0.4 is 5.32 Å². The Morgan fingerprint density at radius 1 is 1.00 bits per heavy atom. The van der Waals surface area contributed by atoms with Crippen LogP contribution in [-0.4, -0.2) is 20.9 Å². The first-order chi connectivity index (χ1) is 11.5. The molecule has 0 saturated heterocycles. The molecule has 24 heavy (non-hydrogen) atoms. The van der Waals surface area contributed by atoms with Crippen LogP contribution in [0.5, 0.6) is 0 Å². The van der Waals surface area contributed by atoms with Gasteiger partial charge >= 0.3 is 0 Å². The van der Waals surface area contributed by atoms with Crippen LogP contribution in [0.1, 0.15) is 19.4 Å². The summed E-state index contributed by atoms with van der Waals surface area (Å²) in [6, 6.07) is 14.2. The Hall–Kier alpha value is -3.08. The van der Waals surface area contributed by atoms with Crippen molar-refractivity contribution in [2.45, 2.75) is 19.3 Å². The average Bonchev–Trinajstić information content (AvgIpc) is 3.21. The fourth-order valence-corrected chi connectivity index (χ4v) is 3.41. The number of carbonyl (C=O) groups is 1. The Morgan fingerprint density at radius 3 is 2.67 bits per heavy atom. The van der Waals surface area contributed by atoms with Gasteiger partial charge in [-0.15, -0.1) is 0 Å². The number of carbonyl (C=O) groups excluding carboxylic acids is 1. The number of anilines is 1. The molecule has 2 aromatic carbocycles. The number of aromatic amines is 2. The van der Waals surface area contributed by atoms with Crippen molar-refractivity contribution < 1.29 is 4.79 Å². The van der Waals surface area contributed by atoms with Crippen LogP contribution in [0.15, 0.2) is 42.5 Å². The van der Waals surface area contributed by atoms with Gasteiger partial charge < -0.3 is 15.3 Å². The smallest absolute Gasteiger partial charge is 0.234 e. The molecule has 118 valence electrons. The molecule has 0 saturated carbocycles. The molecule has 1 aliphatic rings. The highest BCUT2D eigenvalue weighted by molar-refractivity contribution is 6.07. The van der Waals surface area contributed by atoms with Crippen molar-refractivity contribution in [3.63, 3.8) is 0 Å². The van der Waals surface area contributed by atoms with E-state index in [2.05, 4.69) is 27.4 Å². The number of aromatic nitrogens is 3. The molecule has 3 N–H and O–H groups in total. The van der Waals surface area contributed by atoms with Gasteiger partial charge in [-0.1, -0.05) is 18.2 Å². The molecule has 5 heteroatoms. The number of hydrogen-bond donors (Lipinski definition) is 3. The van der Waals surface area contributed by atoms with Crippen LogP contribution in [-0.2, 0) is 10.2 Å². The normalized spacial score (nSPS) is 15.8. The van der Waals surface area contributed by atoms with Crippen molar-refractivity contribution in [1.82, 2.24) is 15.0 Å². The molecule has 0 atom stereocenters. The Balaban J connectivity index is 1.68. The predicted octanol–water partition coefficient (Wildman–Crippen LogP) is 3.94. The zero-order valence-electron chi connectivity index (χ0n) is 13.4. The second-order valence-corrected chi connectivity index (χ2v) is 6.85. The summed E-state index contributed by atoms with van der Waals surface area (Å²) < 4.78 is 0. The number of benzene rings is 2. The Labute approximate surface area is 138 Å². The maximum Gasteiger partial charge on any atom is 0.234 e. The predicted molar refractivity (Wildman–Crippen MR) is 95.0 cm³/mol. The van der Waals surface area contributed by atoms with E-state index in [1.54, 1.807) is 0 Å². The molecule has 5 nitrogen and oxygen atoms in total. The lowest BCUT2D eigenvalue weighted by atomic mass is 9.86. The summed E-state index contributed by atoms with van der Waals surface area (Å²) in [7, 11) is 0. The summed E-state index contributed by atoms with van der Waals surface area (Å²) in [5, 5.41) is 4.11. The summed E-state index contributed by atoms with van der Waals surface area (Å²) in [5.41, 5.74) is 5.16. The van der Waals surface area contributed by atoms with E-state index in [1.807, 2.05) is 44.2 Å². The van der Waals surface area contributed by atoms with Crippen LogP contribution in [0.2, 0.25) is 0 Å². The molecular weight excluding hydrogens is 300 g/mol. The standard InChI is InChI=1S/C19H16N4O/c1-19(2)11-8-14-15(9-13(11)23-18(19)24)22-17(21-14)16-7-10-5-3-4-6-12(10)20-16/h3-9,20H,1-2H3,(H,21,22)(H,23,24). The number of para-hydroxylation sites is 1. The van der Waals surface area contributed by atoms with Crippen LogP contribution >= 0.6 is 0 Å². The molecule has 5 rings (SSSR count). The number of nitrogens with zero attached hydrogens (tertiary/aromatic N) is 1. The topological polar surface area (TPSA) is 73.6 Å². The van der Waals surface area contributed by atoms with E-state index in [0.717, 1.165) is 44.7 Å². The van der Waals surface area contributed by atoms with Gasteiger partial charge in [-0.25, -0.2) is 4.98 Å². The number of rotatable bonds is 1. The van der Waals surface area contributed by atoms with Gasteiger partial charge in [0.15, 0.2) is 5.82 Å². The Morgan fingerprint density at radius 2 is 1.83 bits per heavy atom. The lowest BCUT2D eigenvalue weighted by Gasteiger charge is -2.14. The number of imidazole rings is 1. The Bertz CT molecular complexity index is 1100. The van der Waals surface area contributed by atoms with Crippen LogP contribution in [0.25, 0.3) is 33.5 Å². The number of H-pyrrole nitrogens is 2. The third kappa shape index (κ3) is 1.69. The van der Waals surface area contributed by atoms with E-state index in [9.17, 15) is 4.79 Å². The average molecular weight is 316 g/mol. The molecule has 0 fully saturated rings. The number of amides is 1. The summed E-state index contributed by atoms with van der Waals surface area (Å²) in [6.07, 6.45) is 0. The molecule has 0 spiro atoms. The first-order valence-electron chi connectivity index (χ1n) is 7.96. The molecule has 1 amide bonds. The summed E-state index contributed by atoms with van der Waals surface area (Å²) in [4.78, 5) is 23.6. The summed E-state index contributed by atoms with van der Waals surface area (Å²) in [5.74, 6) is 0.829. The van der Waals surface area contributed by atoms with Crippen molar-refractivity contribution in [1.29, 1.82) is 0 Å². The lowest BCUT2D eigenvalue weighted by Crippen LogP contribution is -2.26. The monoisotopic (exact) mass is 316 g/mol. The fraction of sp³-hybridized carbons (Fsp3) is 0.158. The first-order valence-corrected chi connectivity index (χ1v) is 7.96. The fourth-order valence-electron chi connectivity index (χ4n) is 3.41. The van der Waals surface area contributed by atoms with Crippen molar-refractivity contribution in [2.75, 3.05) is 5.32 Å². The minimum atomic E-state index is -0.524. The quantitative estimate of drug-likeness (QED) is 0.497. The SMILES string of the molecule is CC1(C)C(=O)Nc2cc3[nH]c(-c4cc5ccccc5[nH]4)nc3cc21. The molecule has 0 unspecified atom stereocenters. The van der Waals surface area contributed by atoms with Crippen LogP contribution in [0, 0.1) is 0 Å². The third-order valence-corrected chi connectivity index (χ3v) is 4.90. The largest absolute Gasteiger partial charge is 0.352 e. The van der Waals surface area contributed by atoms with Crippen molar-refractivity contribution in [2.24, 2.45) is 0 Å². The molecular formula is C19H16N4O. The van der Waals surface area contributed by atoms with Crippen molar-refractivity contribution >= 4 is 33.5 Å². The van der Waals surface area contributed by atoms with Crippen molar-refractivity contribution in [3.8, 4) is 11.5 Å². The highest BCUT2D eigenvalue weighted by Gasteiger charge is 2.38.